The van der Waals surface area contributed by atoms with Gasteiger partial charge in [0.1, 0.15) is 6.54 Å². The van der Waals surface area contributed by atoms with Gasteiger partial charge < -0.3 is 15.3 Å². The third-order valence-corrected chi connectivity index (χ3v) is 5.03. The van der Waals surface area contributed by atoms with Crippen LogP contribution in [-0.2, 0) is 4.79 Å². The van der Waals surface area contributed by atoms with E-state index in [4.69, 9.17) is 28.3 Å². The Bertz CT molecular complexity index is 1100. The normalized spacial score (nSPS) is 10.5. The molecule has 2 N–H and O–H groups in total. The minimum absolute atomic E-state index is 0.0853. The topological polar surface area (TPSA) is 95.4 Å². The second kappa shape index (κ2) is 13.3. The number of carbonyl (C=O) groups is 2. The van der Waals surface area contributed by atoms with Crippen molar-refractivity contribution in [3.05, 3.63) is 88.2 Å². The van der Waals surface area contributed by atoms with Crippen LogP contribution in [0.15, 0.2) is 67.0 Å². The van der Waals surface area contributed by atoms with Gasteiger partial charge >= 0.3 is 5.97 Å². The lowest BCUT2D eigenvalue weighted by molar-refractivity contribution is -0.135. The Morgan fingerprint density at radius 1 is 1.03 bits per heavy atom. The third-order valence-electron chi connectivity index (χ3n) is 4.40. The van der Waals surface area contributed by atoms with E-state index < -0.39 is 18.4 Å². The molecule has 0 aliphatic heterocycles. The number of nitrogens with zero attached hydrogens (tertiary/aromatic N) is 3. The fraction of sp³-hybridized carbons (Fsp3) is 0.200. The van der Waals surface area contributed by atoms with E-state index in [2.05, 4.69) is 64.4 Å². The minimum atomic E-state index is -1.13. The zero-order valence-corrected chi connectivity index (χ0v) is 20.6. The number of aliphatic carboxylic acids is 1. The average Bonchev–Trinajstić information content (AvgIpc) is 2.80. The first-order valence-corrected chi connectivity index (χ1v) is 11.2. The molecule has 0 saturated carbocycles. The lowest BCUT2D eigenvalue weighted by Crippen LogP contribution is -2.29. The number of amides is 1. The smallest absolute Gasteiger partial charge is 0.322 e. The molecule has 0 aliphatic rings. The summed E-state index contributed by atoms with van der Waals surface area (Å²) in [6.07, 6.45) is 7.66. The molecule has 1 aromatic heterocycles. The minimum Gasteiger partial charge on any atom is -0.480 e. The number of rotatable bonds is 7. The first kappa shape index (κ1) is 26.8. The predicted octanol–water partition coefficient (Wildman–Crippen LogP) is 5.86. The molecule has 34 heavy (non-hydrogen) atoms. The van der Waals surface area contributed by atoms with Gasteiger partial charge in [0.2, 0.25) is 5.95 Å². The number of hydrogen-bond donors (Lipinski definition) is 2. The fourth-order valence-electron chi connectivity index (χ4n) is 2.96. The predicted molar refractivity (Wildman–Crippen MR) is 137 cm³/mol. The van der Waals surface area contributed by atoms with E-state index in [9.17, 15) is 9.59 Å². The fourth-order valence-corrected chi connectivity index (χ4v) is 3.53. The Balaban J connectivity index is 0.000000248. The molecule has 0 aliphatic carbocycles. The first-order chi connectivity index (χ1) is 16.2. The molecule has 3 rings (SSSR count). The number of carboxylic acid groups (broad SMARTS) is 1. The van der Waals surface area contributed by atoms with Crippen molar-refractivity contribution in [1.82, 2.24) is 15.3 Å². The van der Waals surface area contributed by atoms with Crippen LogP contribution in [-0.4, -0.2) is 39.5 Å². The van der Waals surface area contributed by atoms with Crippen molar-refractivity contribution in [2.45, 2.75) is 26.8 Å². The summed E-state index contributed by atoms with van der Waals surface area (Å²) < 4.78 is 0. The summed E-state index contributed by atoms with van der Waals surface area (Å²) in [6, 6.07) is 15.1. The van der Waals surface area contributed by atoms with E-state index in [1.807, 2.05) is 19.1 Å². The molecule has 0 spiro atoms. The number of carbonyl (C=O) groups excluding carboxylic acids is 1. The van der Waals surface area contributed by atoms with Gasteiger partial charge in [-0.05, 0) is 56.7 Å². The maximum Gasteiger partial charge on any atom is 0.322 e. The van der Waals surface area contributed by atoms with Crippen molar-refractivity contribution < 1.29 is 14.7 Å². The lowest BCUT2D eigenvalue weighted by Gasteiger charge is -2.26. The Labute approximate surface area is 209 Å². The number of anilines is 2. The zero-order valence-electron chi connectivity index (χ0n) is 19.1. The molecule has 0 fully saturated rings. The molecule has 0 unspecified atom stereocenters. The number of nitrogens with one attached hydrogen (secondary N) is 1. The van der Waals surface area contributed by atoms with Crippen molar-refractivity contribution in [3.8, 4) is 0 Å². The van der Waals surface area contributed by atoms with Gasteiger partial charge in [-0.1, -0.05) is 53.6 Å². The van der Waals surface area contributed by atoms with Gasteiger partial charge in [0.05, 0.1) is 15.6 Å². The van der Waals surface area contributed by atoms with E-state index in [0.29, 0.717) is 6.04 Å². The van der Waals surface area contributed by atoms with Crippen molar-refractivity contribution in [2.75, 3.05) is 11.4 Å². The molecular weight excluding hydrogens is 475 g/mol. The van der Waals surface area contributed by atoms with Crippen LogP contribution in [0.4, 0.5) is 11.6 Å². The second-order valence-corrected chi connectivity index (χ2v) is 8.09. The number of benzene rings is 2. The standard InChI is InChI=1S/C16H19N3.C9H7Cl2NO3/c1-4-6-14-7-9-15(10-8-14)19(13(2)3)16-17-11-5-12-18-16;10-5-2-1-3-6(11)8(5)9(15)12-4-7(13)14/h4-13H,1-3H3;1-3H,4H2,(H,12,15)(H,13,14)/b6-4+;. The molecule has 1 amide bonds. The van der Waals surface area contributed by atoms with Crippen LogP contribution in [0.5, 0.6) is 0 Å². The van der Waals surface area contributed by atoms with Gasteiger partial charge in [-0.3, -0.25) is 9.59 Å². The van der Waals surface area contributed by atoms with Gasteiger partial charge in [-0.15, -0.1) is 0 Å². The summed E-state index contributed by atoms with van der Waals surface area (Å²) in [5.74, 6) is -1.00. The summed E-state index contributed by atoms with van der Waals surface area (Å²) in [7, 11) is 0. The van der Waals surface area contributed by atoms with Crippen LogP contribution in [0.1, 0.15) is 36.7 Å². The van der Waals surface area contributed by atoms with Crippen molar-refractivity contribution >= 4 is 52.8 Å². The Hall–Kier alpha value is -3.42. The van der Waals surface area contributed by atoms with Crippen LogP contribution < -0.4 is 10.2 Å². The molecule has 3 aromatic rings. The van der Waals surface area contributed by atoms with E-state index in [1.165, 1.54) is 17.7 Å². The number of carboxylic acids is 1. The molecule has 0 atom stereocenters. The van der Waals surface area contributed by atoms with E-state index in [0.717, 1.165) is 11.6 Å². The number of hydrogen-bond acceptors (Lipinski definition) is 5. The highest BCUT2D eigenvalue weighted by Gasteiger charge is 2.15. The molecule has 178 valence electrons. The third kappa shape index (κ3) is 7.86. The largest absolute Gasteiger partial charge is 0.480 e. The number of halogens is 2. The molecule has 2 aromatic carbocycles. The molecule has 0 bridgehead atoms. The van der Waals surface area contributed by atoms with Crippen LogP contribution in [0, 0.1) is 0 Å². The monoisotopic (exact) mass is 500 g/mol. The highest BCUT2D eigenvalue weighted by Crippen LogP contribution is 2.25. The van der Waals surface area contributed by atoms with E-state index in [1.54, 1.807) is 18.5 Å². The molecule has 9 heteroatoms. The maximum absolute atomic E-state index is 11.4. The van der Waals surface area contributed by atoms with Crippen LogP contribution in [0.2, 0.25) is 10.0 Å². The Morgan fingerprint density at radius 2 is 1.62 bits per heavy atom. The summed E-state index contributed by atoms with van der Waals surface area (Å²) in [6.45, 7) is 5.82. The lowest BCUT2D eigenvalue weighted by atomic mass is 10.1. The van der Waals surface area contributed by atoms with Crippen LogP contribution >= 0.6 is 23.2 Å². The average molecular weight is 501 g/mol. The molecule has 0 radical (unpaired) electrons. The van der Waals surface area contributed by atoms with Crippen LogP contribution in [0.25, 0.3) is 6.08 Å². The number of aromatic nitrogens is 2. The zero-order chi connectivity index (χ0) is 25.1. The summed E-state index contributed by atoms with van der Waals surface area (Å²) in [5.41, 5.74) is 2.39. The van der Waals surface area contributed by atoms with Gasteiger partial charge in [0, 0.05) is 24.1 Å². The van der Waals surface area contributed by atoms with Crippen molar-refractivity contribution in [3.63, 3.8) is 0 Å². The van der Waals surface area contributed by atoms with Gasteiger partial charge in [-0.25, -0.2) is 9.97 Å². The van der Waals surface area contributed by atoms with Gasteiger partial charge in [-0.2, -0.15) is 0 Å². The summed E-state index contributed by atoms with van der Waals surface area (Å²) >= 11 is 11.5. The Kier molecular flexibility index (Phi) is 10.5. The highest BCUT2D eigenvalue weighted by atomic mass is 35.5. The summed E-state index contributed by atoms with van der Waals surface area (Å²) in [4.78, 5) is 32.5. The maximum atomic E-state index is 11.4. The second-order valence-electron chi connectivity index (χ2n) is 7.28. The SMILES string of the molecule is C/C=C/c1ccc(N(c2ncccn2)C(C)C)cc1.O=C(O)CNC(=O)c1c(Cl)cccc1Cl. The summed E-state index contributed by atoms with van der Waals surface area (Å²) in [5, 5.41) is 10.9. The van der Waals surface area contributed by atoms with Gasteiger partial charge in [0.15, 0.2) is 0 Å². The van der Waals surface area contributed by atoms with Crippen molar-refractivity contribution in [2.24, 2.45) is 0 Å². The highest BCUT2D eigenvalue weighted by molar-refractivity contribution is 6.39. The quantitative estimate of drug-likeness (QED) is 0.421. The number of allylic oxidation sites excluding steroid dienone is 1. The van der Waals surface area contributed by atoms with E-state index in [-0.39, 0.29) is 15.6 Å². The molecular formula is C25H26Cl2N4O3. The Morgan fingerprint density at radius 3 is 2.12 bits per heavy atom. The molecule has 0 saturated heterocycles. The van der Waals surface area contributed by atoms with Crippen LogP contribution in [0.3, 0.4) is 0 Å². The van der Waals surface area contributed by atoms with E-state index >= 15 is 0 Å². The van der Waals surface area contributed by atoms with Gasteiger partial charge in [0.25, 0.3) is 5.91 Å². The molecule has 1 heterocycles. The molecule has 7 nitrogen and oxygen atoms in total. The van der Waals surface area contributed by atoms with Crippen molar-refractivity contribution in [1.29, 1.82) is 0 Å². The first-order valence-electron chi connectivity index (χ1n) is 10.5.